The third kappa shape index (κ3) is 4.88. The second-order valence-corrected chi connectivity index (χ2v) is 6.27. The molecule has 0 radical (unpaired) electrons. The molecule has 1 heterocycles. The van der Waals surface area contributed by atoms with Crippen molar-refractivity contribution in [1.82, 2.24) is 15.5 Å². The molecule has 0 saturated heterocycles. The Labute approximate surface area is 141 Å². The topological polar surface area (TPSA) is 70.7 Å². The lowest BCUT2D eigenvalue weighted by atomic mass is 10.1. The number of rotatable bonds is 6. The third-order valence-corrected chi connectivity index (χ3v) is 4.78. The number of carbonyl (C=O) groups is 2. The van der Waals surface area contributed by atoms with Crippen LogP contribution in [0.1, 0.15) is 27.7 Å². The molecule has 0 fully saturated rings. The van der Waals surface area contributed by atoms with Crippen molar-refractivity contribution in [3.63, 3.8) is 0 Å². The largest absolute Gasteiger partial charge is 0.463 e. The van der Waals surface area contributed by atoms with Crippen LogP contribution in [0.25, 0.3) is 0 Å². The molecule has 0 aliphatic carbocycles. The van der Waals surface area contributed by atoms with Gasteiger partial charge in [-0.05, 0) is 27.7 Å². The standard InChI is InChI=1S/C14H23N3O3S2/c1-5-17(6-2)14(21)22-8-10-11(12(18)20-7-3)9(4)15-13(19)16-10/h9H,5-8H2,1-4H3,(H2,15,16,19)/t9-/m1/s1. The van der Waals surface area contributed by atoms with Gasteiger partial charge in [0.05, 0.1) is 18.2 Å². The van der Waals surface area contributed by atoms with Gasteiger partial charge in [-0.3, -0.25) is 0 Å². The molecule has 0 aromatic heterocycles. The summed E-state index contributed by atoms with van der Waals surface area (Å²) in [7, 11) is 0. The highest BCUT2D eigenvalue weighted by atomic mass is 32.2. The van der Waals surface area contributed by atoms with E-state index in [0.717, 1.165) is 17.4 Å². The second-order valence-electron chi connectivity index (χ2n) is 4.66. The summed E-state index contributed by atoms with van der Waals surface area (Å²) in [6.07, 6.45) is 0. The lowest BCUT2D eigenvalue weighted by Crippen LogP contribution is -2.49. The summed E-state index contributed by atoms with van der Waals surface area (Å²) in [5, 5.41) is 5.37. The lowest BCUT2D eigenvalue weighted by Gasteiger charge is -2.27. The fourth-order valence-electron chi connectivity index (χ4n) is 2.10. The molecule has 1 aliphatic rings. The van der Waals surface area contributed by atoms with E-state index >= 15 is 0 Å². The van der Waals surface area contributed by atoms with Gasteiger partial charge in [-0.25, -0.2) is 9.59 Å². The highest BCUT2D eigenvalue weighted by Gasteiger charge is 2.29. The van der Waals surface area contributed by atoms with Gasteiger partial charge in [0, 0.05) is 24.5 Å². The number of nitrogens with one attached hydrogen (secondary N) is 2. The quantitative estimate of drug-likeness (QED) is 0.566. The van der Waals surface area contributed by atoms with Gasteiger partial charge in [-0.1, -0.05) is 24.0 Å². The minimum absolute atomic E-state index is 0.293. The van der Waals surface area contributed by atoms with Crippen molar-refractivity contribution in [3.05, 3.63) is 11.3 Å². The molecule has 0 bridgehead atoms. The van der Waals surface area contributed by atoms with Gasteiger partial charge in [0.2, 0.25) is 0 Å². The fourth-order valence-corrected chi connectivity index (χ4v) is 3.47. The number of hydrogen-bond acceptors (Lipinski definition) is 5. The van der Waals surface area contributed by atoms with Crippen LogP contribution in [0, 0.1) is 0 Å². The van der Waals surface area contributed by atoms with Crippen LogP contribution in [0.5, 0.6) is 0 Å². The number of thioether (sulfide) groups is 1. The number of hydrogen-bond donors (Lipinski definition) is 2. The average Bonchev–Trinajstić information content (AvgIpc) is 2.45. The first-order valence-corrected chi connectivity index (χ1v) is 8.73. The Hall–Kier alpha value is -1.28. The van der Waals surface area contributed by atoms with E-state index in [-0.39, 0.29) is 12.1 Å². The molecule has 22 heavy (non-hydrogen) atoms. The number of carbonyl (C=O) groups excluding carboxylic acids is 2. The number of amides is 2. The van der Waals surface area contributed by atoms with Crippen LogP contribution in [0.15, 0.2) is 11.3 Å². The maximum atomic E-state index is 12.1. The van der Waals surface area contributed by atoms with Gasteiger partial charge in [-0.15, -0.1) is 0 Å². The summed E-state index contributed by atoms with van der Waals surface area (Å²) >= 11 is 6.81. The van der Waals surface area contributed by atoms with Crippen molar-refractivity contribution in [3.8, 4) is 0 Å². The van der Waals surface area contributed by atoms with Crippen LogP contribution in [0.2, 0.25) is 0 Å². The van der Waals surface area contributed by atoms with Gasteiger partial charge in [0.25, 0.3) is 0 Å². The van der Waals surface area contributed by atoms with E-state index in [0.29, 0.717) is 23.6 Å². The van der Waals surface area contributed by atoms with Crippen LogP contribution in [-0.2, 0) is 9.53 Å². The first-order chi connectivity index (χ1) is 10.4. The molecule has 0 aromatic carbocycles. The van der Waals surface area contributed by atoms with E-state index < -0.39 is 5.97 Å². The molecule has 6 nitrogen and oxygen atoms in total. The first-order valence-electron chi connectivity index (χ1n) is 7.33. The van der Waals surface area contributed by atoms with Crippen LogP contribution in [-0.4, -0.2) is 52.7 Å². The monoisotopic (exact) mass is 345 g/mol. The smallest absolute Gasteiger partial charge is 0.337 e. The van der Waals surface area contributed by atoms with E-state index in [4.69, 9.17) is 17.0 Å². The molecule has 0 spiro atoms. The Balaban J connectivity index is 2.88. The van der Waals surface area contributed by atoms with Crippen molar-refractivity contribution in [1.29, 1.82) is 0 Å². The second kappa shape index (κ2) is 8.99. The SMILES string of the molecule is CCOC(=O)C1=C(CSC(=S)N(CC)CC)NC(=O)N[C@@H]1C. The summed E-state index contributed by atoms with van der Waals surface area (Å²) < 4.78 is 5.82. The van der Waals surface area contributed by atoms with Crippen LogP contribution in [0.4, 0.5) is 4.79 Å². The fraction of sp³-hybridized carbons (Fsp3) is 0.643. The van der Waals surface area contributed by atoms with Gasteiger partial charge >= 0.3 is 12.0 Å². The molecule has 124 valence electrons. The molecule has 8 heteroatoms. The van der Waals surface area contributed by atoms with E-state index in [1.807, 2.05) is 13.8 Å². The van der Waals surface area contributed by atoms with Crippen molar-refractivity contribution >= 4 is 40.3 Å². The number of ether oxygens (including phenoxy) is 1. The third-order valence-electron chi connectivity index (χ3n) is 3.23. The minimum Gasteiger partial charge on any atom is -0.463 e. The molecule has 1 aliphatic heterocycles. The zero-order chi connectivity index (χ0) is 16.7. The Kier molecular flexibility index (Phi) is 7.67. The molecule has 0 aromatic rings. The molecule has 1 atom stereocenters. The van der Waals surface area contributed by atoms with Gasteiger partial charge in [0.15, 0.2) is 0 Å². The summed E-state index contributed by atoms with van der Waals surface area (Å²) in [4.78, 5) is 25.8. The van der Waals surface area contributed by atoms with Crippen molar-refractivity contribution in [2.24, 2.45) is 0 Å². The van der Waals surface area contributed by atoms with Crippen LogP contribution >= 0.6 is 24.0 Å². The highest BCUT2D eigenvalue weighted by molar-refractivity contribution is 8.23. The van der Waals surface area contributed by atoms with Crippen LogP contribution in [0.3, 0.4) is 0 Å². The van der Waals surface area contributed by atoms with E-state index in [1.165, 1.54) is 11.8 Å². The molecule has 0 unspecified atom stereocenters. The summed E-state index contributed by atoms with van der Waals surface area (Å²) in [6.45, 7) is 9.54. The predicted octanol–water partition coefficient (Wildman–Crippen LogP) is 1.86. The molecule has 2 N–H and O–H groups in total. The Morgan fingerprint density at radius 1 is 1.36 bits per heavy atom. The number of nitrogens with zero attached hydrogens (tertiary/aromatic N) is 1. The molecule has 1 rings (SSSR count). The average molecular weight is 345 g/mol. The summed E-state index contributed by atoms with van der Waals surface area (Å²) in [6, 6.07) is -0.699. The number of urea groups is 1. The molecular weight excluding hydrogens is 322 g/mol. The number of esters is 1. The van der Waals surface area contributed by atoms with Crippen molar-refractivity contribution in [2.75, 3.05) is 25.4 Å². The number of thiocarbonyl (C=S) groups is 1. The first kappa shape index (κ1) is 18.8. The molecular formula is C14H23N3O3S2. The van der Waals surface area contributed by atoms with Crippen molar-refractivity contribution < 1.29 is 14.3 Å². The molecule has 2 amide bonds. The van der Waals surface area contributed by atoms with Gasteiger partial charge in [0.1, 0.15) is 4.32 Å². The normalized spacial score (nSPS) is 17.6. The summed E-state index contributed by atoms with van der Waals surface area (Å²) in [5.41, 5.74) is 1.02. The Morgan fingerprint density at radius 2 is 2.00 bits per heavy atom. The van der Waals surface area contributed by atoms with E-state index in [2.05, 4.69) is 15.5 Å². The zero-order valence-electron chi connectivity index (χ0n) is 13.4. The van der Waals surface area contributed by atoms with Gasteiger partial charge < -0.3 is 20.3 Å². The maximum Gasteiger partial charge on any atom is 0.337 e. The maximum absolute atomic E-state index is 12.1. The Morgan fingerprint density at radius 3 is 2.55 bits per heavy atom. The predicted molar refractivity (Wildman–Crippen MR) is 92.8 cm³/mol. The van der Waals surface area contributed by atoms with E-state index in [1.54, 1.807) is 13.8 Å². The van der Waals surface area contributed by atoms with Crippen molar-refractivity contribution in [2.45, 2.75) is 33.7 Å². The lowest BCUT2D eigenvalue weighted by molar-refractivity contribution is -0.138. The Bertz CT molecular complexity index is 476. The zero-order valence-corrected chi connectivity index (χ0v) is 15.0. The van der Waals surface area contributed by atoms with Crippen LogP contribution < -0.4 is 10.6 Å². The minimum atomic E-state index is -0.410. The highest BCUT2D eigenvalue weighted by Crippen LogP contribution is 2.20. The summed E-state index contributed by atoms with van der Waals surface area (Å²) in [5.74, 6) is 0.0215. The van der Waals surface area contributed by atoms with E-state index in [9.17, 15) is 9.59 Å². The molecule has 0 saturated carbocycles. The van der Waals surface area contributed by atoms with Gasteiger partial charge in [-0.2, -0.15) is 0 Å².